The lowest BCUT2D eigenvalue weighted by Gasteiger charge is -2.11. The first-order valence-corrected chi connectivity index (χ1v) is 7.37. The minimum absolute atomic E-state index is 0.690. The molecule has 0 saturated carbocycles. The standard InChI is InChI=1S/C17H16N2S/c1-2-11-20-17-6-4-3-5-16(17)19-13-15-9-7-14(12-18)8-10-15/h2-10,19H,1,11,13H2. The highest BCUT2D eigenvalue weighted by Crippen LogP contribution is 2.27. The van der Waals surface area contributed by atoms with Crippen LogP contribution in [0.15, 0.2) is 66.1 Å². The quantitative estimate of drug-likeness (QED) is 0.627. The third kappa shape index (κ3) is 3.91. The van der Waals surface area contributed by atoms with Gasteiger partial charge in [-0.05, 0) is 29.8 Å². The molecule has 2 rings (SSSR count). The second-order valence-corrected chi connectivity index (χ2v) is 5.32. The number of thioether (sulfide) groups is 1. The second-order valence-electron chi connectivity index (χ2n) is 4.26. The van der Waals surface area contributed by atoms with Gasteiger partial charge in [0.05, 0.1) is 11.6 Å². The number of nitrogens with zero attached hydrogens (tertiary/aromatic N) is 1. The molecule has 0 aromatic heterocycles. The summed E-state index contributed by atoms with van der Waals surface area (Å²) in [4.78, 5) is 1.22. The molecule has 3 heteroatoms. The average molecular weight is 280 g/mol. The summed E-state index contributed by atoms with van der Waals surface area (Å²) < 4.78 is 0. The fraction of sp³-hybridized carbons (Fsp3) is 0.118. The highest BCUT2D eigenvalue weighted by molar-refractivity contribution is 7.99. The summed E-state index contributed by atoms with van der Waals surface area (Å²) in [7, 11) is 0. The van der Waals surface area contributed by atoms with Crippen LogP contribution in [0.5, 0.6) is 0 Å². The Morgan fingerprint density at radius 2 is 1.90 bits per heavy atom. The van der Waals surface area contributed by atoms with Crippen LogP contribution in [0.25, 0.3) is 0 Å². The Morgan fingerprint density at radius 1 is 1.15 bits per heavy atom. The molecule has 1 N–H and O–H groups in total. The summed E-state index contributed by atoms with van der Waals surface area (Å²) in [5.74, 6) is 0.898. The van der Waals surface area contributed by atoms with Crippen molar-refractivity contribution < 1.29 is 0 Å². The van der Waals surface area contributed by atoms with Crippen LogP contribution in [0.3, 0.4) is 0 Å². The first-order chi connectivity index (χ1) is 9.83. The van der Waals surface area contributed by atoms with Gasteiger partial charge in [-0.2, -0.15) is 5.26 Å². The molecule has 0 fully saturated rings. The summed E-state index contributed by atoms with van der Waals surface area (Å²) in [6.07, 6.45) is 1.90. The number of hydrogen-bond donors (Lipinski definition) is 1. The highest BCUT2D eigenvalue weighted by Gasteiger charge is 2.01. The van der Waals surface area contributed by atoms with Crippen LogP contribution in [0.4, 0.5) is 5.69 Å². The molecule has 2 nitrogen and oxygen atoms in total. The maximum absolute atomic E-state index is 8.78. The number of nitriles is 1. The van der Waals surface area contributed by atoms with E-state index in [1.165, 1.54) is 4.90 Å². The van der Waals surface area contributed by atoms with Crippen LogP contribution in [0, 0.1) is 11.3 Å². The number of benzene rings is 2. The van der Waals surface area contributed by atoms with E-state index in [-0.39, 0.29) is 0 Å². The van der Waals surface area contributed by atoms with Crippen molar-refractivity contribution in [2.75, 3.05) is 11.1 Å². The van der Waals surface area contributed by atoms with E-state index in [9.17, 15) is 0 Å². The van der Waals surface area contributed by atoms with Crippen molar-refractivity contribution in [1.29, 1.82) is 5.26 Å². The van der Waals surface area contributed by atoms with Gasteiger partial charge in [0, 0.05) is 22.9 Å². The van der Waals surface area contributed by atoms with Crippen molar-refractivity contribution in [3.63, 3.8) is 0 Å². The average Bonchev–Trinajstić information content (AvgIpc) is 2.52. The Balaban J connectivity index is 2.02. The molecule has 20 heavy (non-hydrogen) atoms. The van der Waals surface area contributed by atoms with E-state index in [4.69, 9.17) is 5.26 Å². The number of nitrogens with one attached hydrogen (secondary N) is 1. The lowest BCUT2D eigenvalue weighted by Crippen LogP contribution is -2.00. The molecule has 0 amide bonds. The first-order valence-electron chi connectivity index (χ1n) is 6.39. The molecule has 0 aliphatic rings. The van der Waals surface area contributed by atoms with E-state index in [0.29, 0.717) is 5.56 Å². The molecule has 0 saturated heterocycles. The van der Waals surface area contributed by atoms with Gasteiger partial charge in [0.1, 0.15) is 0 Å². The van der Waals surface area contributed by atoms with Crippen molar-refractivity contribution >= 4 is 17.4 Å². The van der Waals surface area contributed by atoms with Gasteiger partial charge < -0.3 is 5.32 Å². The monoisotopic (exact) mass is 280 g/mol. The van der Waals surface area contributed by atoms with Crippen LogP contribution in [0.1, 0.15) is 11.1 Å². The van der Waals surface area contributed by atoms with E-state index in [1.54, 1.807) is 11.8 Å². The predicted molar refractivity (Wildman–Crippen MR) is 85.8 cm³/mol. The van der Waals surface area contributed by atoms with Gasteiger partial charge in [0.2, 0.25) is 0 Å². The maximum atomic E-state index is 8.78. The second kappa shape index (κ2) is 7.42. The van der Waals surface area contributed by atoms with Gasteiger partial charge in [0.15, 0.2) is 0 Å². The zero-order chi connectivity index (χ0) is 14.2. The molecule has 0 unspecified atom stereocenters. The Kier molecular flexibility index (Phi) is 5.28. The molecular weight excluding hydrogens is 264 g/mol. The molecule has 0 atom stereocenters. The molecule has 0 aliphatic carbocycles. The minimum Gasteiger partial charge on any atom is -0.380 e. The predicted octanol–water partition coefficient (Wildman–Crippen LogP) is 4.45. The van der Waals surface area contributed by atoms with Crippen molar-refractivity contribution in [2.24, 2.45) is 0 Å². The Labute approximate surface area is 124 Å². The van der Waals surface area contributed by atoms with Crippen LogP contribution in [-0.2, 0) is 6.54 Å². The zero-order valence-corrected chi connectivity index (χ0v) is 12.0. The van der Waals surface area contributed by atoms with Crippen LogP contribution >= 0.6 is 11.8 Å². The van der Waals surface area contributed by atoms with Crippen molar-refractivity contribution in [3.8, 4) is 6.07 Å². The Bertz CT molecular complexity index is 612. The fourth-order valence-electron chi connectivity index (χ4n) is 1.78. The summed E-state index contributed by atoms with van der Waals surface area (Å²) in [6.45, 7) is 4.50. The molecule has 0 spiro atoms. The molecule has 2 aromatic carbocycles. The summed E-state index contributed by atoms with van der Waals surface area (Å²) in [6, 6.07) is 18.0. The van der Waals surface area contributed by atoms with Gasteiger partial charge in [-0.3, -0.25) is 0 Å². The molecule has 0 bridgehead atoms. The molecule has 2 aromatic rings. The highest BCUT2D eigenvalue weighted by atomic mass is 32.2. The van der Waals surface area contributed by atoms with E-state index < -0.39 is 0 Å². The summed E-state index contributed by atoms with van der Waals surface area (Å²) in [5, 5.41) is 12.2. The largest absolute Gasteiger partial charge is 0.380 e. The number of anilines is 1. The van der Waals surface area contributed by atoms with E-state index in [0.717, 1.165) is 23.5 Å². The van der Waals surface area contributed by atoms with Crippen molar-refractivity contribution in [1.82, 2.24) is 0 Å². The van der Waals surface area contributed by atoms with Gasteiger partial charge >= 0.3 is 0 Å². The minimum atomic E-state index is 0.690. The SMILES string of the molecule is C=CCSc1ccccc1NCc1ccc(C#N)cc1. The fourth-order valence-corrected chi connectivity index (χ4v) is 2.55. The van der Waals surface area contributed by atoms with E-state index in [2.05, 4.69) is 30.1 Å². The first kappa shape index (κ1) is 14.2. The third-order valence-corrected chi connectivity index (χ3v) is 3.88. The molecule has 100 valence electrons. The third-order valence-electron chi connectivity index (χ3n) is 2.81. The summed E-state index contributed by atoms with van der Waals surface area (Å²) >= 11 is 1.76. The lowest BCUT2D eigenvalue weighted by atomic mass is 10.1. The summed E-state index contributed by atoms with van der Waals surface area (Å²) in [5.41, 5.74) is 2.98. The Morgan fingerprint density at radius 3 is 2.60 bits per heavy atom. The van der Waals surface area contributed by atoms with Crippen LogP contribution in [0.2, 0.25) is 0 Å². The van der Waals surface area contributed by atoms with Gasteiger partial charge in [-0.15, -0.1) is 18.3 Å². The van der Waals surface area contributed by atoms with E-state index in [1.807, 2.05) is 42.5 Å². The van der Waals surface area contributed by atoms with Crippen LogP contribution in [-0.4, -0.2) is 5.75 Å². The van der Waals surface area contributed by atoms with Gasteiger partial charge in [-0.1, -0.05) is 30.3 Å². The topological polar surface area (TPSA) is 35.8 Å². The number of rotatable bonds is 6. The molecule has 0 radical (unpaired) electrons. The van der Waals surface area contributed by atoms with Crippen molar-refractivity contribution in [3.05, 3.63) is 72.3 Å². The Hall–Kier alpha value is -2.18. The van der Waals surface area contributed by atoms with Gasteiger partial charge in [0.25, 0.3) is 0 Å². The zero-order valence-electron chi connectivity index (χ0n) is 11.2. The van der Waals surface area contributed by atoms with Crippen LogP contribution < -0.4 is 5.32 Å². The normalized spacial score (nSPS) is 9.75. The maximum Gasteiger partial charge on any atom is 0.0991 e. The number of para-hydroxylation sites is 1. The lowest BCUT2D eigenvalue weighted by molar-refractivity contribution is 1.13. The number of hydrogen-bond acceptors (Lipinski definition) is 3. The van der Waals surface area contributed by atoms with Gasteiger partial charge in [-0.25, -0.2) is 0 Å². The molecule has 0 heterocycles. The molecule has 0 aliphatic heterocycles. The van der Waals surface area contributed by atoms with Crippen molar-refractivity contribution in [2.45, 2.75) is 11.4 Å². The van der Waals surface area contributed by atoms with E-state index >= 15 is 0 Å². The smallest absolute Gasteiger partial charge is 0.0991 e. The molecular formula is C17H16N2S.